The summed E-state index contributed by atoms with van der Waals surface area (Å²) in [6.07, 6.45) is 1.77. The monoisotopic (exact) mass is 200 g/mol. The average Bonchev–Trinajstić information content (AvgIpc) is 2.66. The van der Waals surface area contributed by atoms with Crippen LogP contribution in [0.1, 0.15) is 11.6 Å². The second-order valence-corrected chi connectivity index (χ2v) is 3.80. The van der Waals surface area contributed by atoms with E-state index in [4.69, 9.17) is 4.42 Å². The third-order valence-corrected chi connectivity index (χ3v) is 2.74. The third-order valence-electron chi connectivity index (χ3n) is 2.74. The summed E-state index contributed by atoms with van der Waals surface area (Å²) in [7, 11) is 0. The largest absolute Gasteiger partial charge is 0.444 e. The molecule has 0 radical (unpaired) electrons. The van der Waals surface area contributed by atoms with Crippen LogP contribution >= 0.6 is 0 Å². The molecule has 1 aromatic heterocycles. The molecule has 1 aliphatic heterocycles. The Bertz CT molecular complexity index is 446. The van der Waals surface area contributed by atoms with Gasteiger partial charge in [0.1, 0.15) is 6.26 Å². The highest BCUT2D eigenvalue weighted by Crippen LogP contribution is 2.23. The van der Waals surface area contributed by atoms with E-state index in [9.17, 15) is 0 Å². The number of nitrogens with one attached hydrogen (secondary N) is 1. The number of rotatable bonds is 2. The third kappa shape index (κ3) is 1.55. The van der Waals surface area contributed by atoms with Gasteiger partial charge in [-0.25, -0.2) is 4.98 Å². The van der Waals surface area contributed by atoms with E-state index in [2.05, 4.69) is 10.3 Å². The lowest BCUT2D eigenvalue weighted by Crippen LogP contribution is -2.40. The molecule has 3 nitrogen and oxygen atoms in total. The van der Waals surface area contributed by atoms with Gasteiger partial charge in [-0.15, -0.1) is 0 Å². The van der Waals surface area contributed by atoms with E-state index in [1.807, 2.05) is 30.3 Å². The maximum absolute atomic E-state index is 5.47. The minimum Gasteiger partial charge on any atom is -0.444 e. The van der Waals surface area contributed by atoms with Crippen LogP contribution in [0.25, 0.3) is 11.5 Å². The quantitative estimate of drug-likeness (QED) is 0.806. The summed E-state index contributed by atoms with van der Waals surface area (Å²) >= 11 is 0. The SMILES string of the molecule is c1ccc(-c2nc(C3CNC3)co2)cc1. The zero-order chi connectivity index (χ0) is 10.1. The van der Waals surface area contributed by atoms with Gasteiger partial charge in [0, 0.05) is 24.6 Å². The molecule has 0 saturated carbocycles. The molecule has 1 fully saturated rings. The summed E-state index contributed by atoms with van der Waals surface area (Å²) in [5.74, 6) is 1.25. The summed E-state index contributed by atoms with van der Waals surface area (Å²) < 4.78 is 5.47. The second kappa shape index (κ2) is 3.51. The first-order chi connectivity index (χ1) is 7.43. The first-order valence-corrected chi connectivity index (χ1v) is 5.15. The molecule has 0 spiro atoms. The lowest BCUT2D eigenvalue weighted by molar-refractivity contribution is 0.438. The molecule has 2 aromatic rings. The van der Waals surface area contributed by atoms with E-state index in [1.165, 1.54) is 0 Å². The van der Waals surface area contributed by atoms with E-state index in [1.54, 1.807) is 6.26 Å². The van der Waals surface area contributed by atoms with Crippen molar-refractivity contribution >= 4 is 0 Å². The second-order valence-electron chi connectivity index (χ2n) is 3.80. The average molecular weight is 200 g/mol. The fourth-order valence-electron chi connectivity index (χ4n) is 1.68. The summed E-state index contributed by atoms with van der Waals surface area (Å²) in [4.78, 5) is 4.50. The van der Waals surface area contributed by atoms with Crippen LogP contribution in [-0.4, -0.2) is 18.1 Å². The molecule has 0 unspecified atom stereocenters. The van der Waals surface area contributed by atoms with Gasteiger partial charge in [0.2, 0.25) is 5.89 Å². The minimum atomic E-state index is 0.534. The summed E-state index contributed by atoms with van der Waals surface area (Å²) in [5.41, 5.74) is 2.10. The summed E-state index contributed by atoms with van der Waals surface area (Å²) in [6.45, 7) is 2.03. The Morgan fingerprint density at radius 3 is 2.67 bits per heavy atom. The molecule has 1 saturated heterocycles. The van der Waals surface area contributed by atoms with Crippen LogP contribution < -0.4 is 5.32 Å². The first-order valence-electron chi connectivity index (χ1n) is 5.15. The van der Waals surface area contributed by atoms with Crippen LogP contribution in [0.3, 0.4) is 0 Å². The Labute approximate surface area is 88.1 Å². The van der Waals surface area contributed by atoms with Crippen molar-refractivity contribution < 1.29 is 4.42 Å². The molecule has 76 valence electrons. The topological polar surface area (TPSA) is 38.1 Å². The van der Waals surface area contributed by atoms with Crippen molar-refractivity contribution in [1.82, 2.24) is 10.3 Å². The number of benzene rings is 1. The minimum absolute atomic E-state index is 0.534. The predicted molar refractivity (Wildman–Crippen MR) is 57.5 cm³/mol. The summed E-state index contributed by atoms with van der Waals surface area (Å²) in [5, 5.41) is 3.23. The van der Waals surface area contributed by atoms with Crippen molar-refractivity contribution in [2.75, 3.05) is 13.1 Å². The fraction of sp³-hybridized carbons (Fsp3) is 0.250. The van der Waals surface area contributed by atoms with Gasteiger partial charge >= 0.3 is 0 Å². The predicted octanol–water partition coefficient (Wildman–Crippen LogP) is 2.03. The van der Waals surface area contributed by atoms with Crippen molar-refractivity contribution in [1.29, 1.82) is 0 Å². The molecule has 3 heteroatoms. The van der Waals surface area contributed by atoms with E-state index in [0.717, 1.165) is 30.2 Å². The van der Waals surface area contributed by atoms with Crippen molar-refractivity contribution in [2.24, 2.45) is 0 Å². The molecule has 0 amide bonds. The Morgan fingerprint density at radius 2 is 2.00 bits per heavy atom. The van der Waals surface area contributed by atoms with Gasteiger partial charge in [0.05, 0.1) is 5.69 Å². The van der Waals surface area contributed by atoms with Gasteiger partial charge in [-0.2, -0.15) is 0 Å². The van der Waals surface area contributed by atoms with E-state index >= 15 is 0 Å². The highest BCUT2D eigenvalue weighted by molar-refractivity contribution is 5.52. The molecular weight excluding hydrogens is 188 g/mol. The highest BCUT2D eigenvalue weighted by Gasteiger charge is 2.22. The molecule has 3 rings (SSSR count). The Kier molecular flexibility index (Phi) is 2.03. The van der Waals surface area contributed by atoms with Gasteiger partial charge < -0.3 is 9.73 Å². The molecular formula is C12H12N2O. The van der Waals surface area contributed by atoms with Crippen LogP contribution in [0.4, 0.5) is 0 Å². The van der Waals surface area contributed by atoms with Crippen LogP contribution in [0.2, 0.25) is 0 Å². The van der Waals surface area contributed by atoms with Gasteiger partial charge in [-0.3, -0.25) is 0 Å². The smallest absolute Gasteiger partial charge is 0.226 e. The Hall–Kier alpha value is -1.61. The van der Waals surface area contributed by atoms with Crippen molar-refractivity contribution in [2.45, 2.75) is 5.92 Å². The van der Waals surface area contributed by atoms with Crippen molar-refractivity contribution in [3.05, 3.63) is 42.3 Å². The number of hydrogen-bond acceptors (Lipinski definition) is 3. The highest BCUT2D eigenvalue weighted by atomic mass is 16.3. The van der Waals surface area contributed by atoms with Crippen molar-refractivity contribution in [3.63, 3.8) is 0 Å². The lowest BCUT2D eigenvalue weighted by Gasteiger charge is -2.24. The maximum atomic E-state index is 5.47. The van der Waals surface area contributed by atoms with Crippen LogP contribution in [0.5, 0.6) is 0 Å². The molecule has 1 aliphatic rings. The summed E-state index contributed by atoms with van der Waals surface area (Å²) in [6, 6.07) is 9.99. The van der Waals surface area contributed by atoms with Gasteiger partial charge in [-0.05, 0) is 12.1 Å². The first kappa shape index (κ1) is 8.68. The van der Waals surface area contributed by atoms with Crippen molar-refractivity contribution in [3.8, 4) is 11.5 Å². The Morgan fingerprint density at radius 1 is 1.20 bits per heavy atom. The molecule has 0 aliphatic carbocycles. The number of oxazole rings is 1. The molecule has 1 aromatic carbocycles. The number of hydrogen-bond donors (Lipinski definition) is 1. The van der Waals surface area contributed by atoms with E-state index < -0.39 is 0 Å². The molecule has 0 atom stereocenters. The van der Waals surface area contributed by atoms with Gasteiger partial charge in [0.25, 0.3) is 0 Å². The Balaban J connectivity index is 1.90. The zero-order valence-electron chi connectivity index (χ0n) is 8.31. The number of aromatic nitrogens is 1. The van der Waals surface area contributed by atoms with E-state index in [0.29, 0.717) is 5.92 Å². The van der Waals surface area contributed by atoms with E-state index in [-0.39, 0.29) is 0 Å². The lowest BCUT2D eigenvalue weighted by atomic mass is 10.0. The van der Waals surface area contributed by atoms with Crippen LogP contribution in [0.15, 0.2) is 41.0 Å². The molecule has 15 heavy (non-hydrogen) atoms. The molecule has 1 N–H and O–H groups in total. The maximum Gasteiger partial charge on any atom is 0.226 e. The van der Waals surface area contributed by atoms with Crippen LogP contribution in [-0.2, 0) is 0 Å². The normalized spacial score (nSPS) is 16.3. The van der Waals surface area contributed by atoms with Gasteiger partial charge in [-0.1, -0.05) is 18.2 Å². The number of nitrogens with zero attached hydrogens (tertiary/aromatic N) is 1. The van der Waals surface area contributed by atoms with Crippen LogP contribution in [0, 0.1) is 0 Å². The van der Waals surface area contributed by atoms with Gasteiger partial charge in [0.15, 0.2) is 0 Å². The zero-order valence-corrected chi connectivity index (χ0v) is 8.31. The fourth-order valence-corrected chi connectivity index (χ4v) is 1.68. The molecule has 2 heterocycles. The standard InChI is InChI=1S/C12H12N2O/c1-2-4-9(5-3-1)12-14-11(8-15-12)10-6-13-7-10/h1-5,8,10,13H,6-7H2. The molecule has 0 bridgehead atoms.